The number of Topliss-reactive ketones (excluding diaryl/α,β-unsaturated/α-hetero) is 1. The average molecular weight is 333 g/mol. The van der Waals surface area contributed by atoms with E-state index in [0.29, 0.717) is 18.9 Å². The number of hydrogen-bond acceptors (Lipinski definition) is 5. The van der Waals surface area contributed by atoms with E-state index in [9.17, 15) is 4.79 Å². The molecule has 0 fully saturated rings. The van der Waals surface area contributed by atoms with Crippen LogP contribution in [0.2, 0.25) is 0 Å². The van der Waals surface area contributed by atoms with E-state index in [2.05, 4.69) is 11.9 Å². The number of nitrogens with zero attached hydrogens (tertiary/aromatic N) is 1. The first-order chi connectivity index (χ1) is 11.0. The second kappa shape index (κ2) is 8.20. The monoisotopic (exact) mass is 333 g/mol. The SMILES string of the molecule is CCC1=C(SCCC(C)=O)OC(c2ccc(C)cc2OC)=NC1. The molecule has 1 aliphatic heterocycles. The first kappa shape index (κ1) is 17.6. The van der Waals surface area contributed by atoms with Crippen LogP contribution in [0.4, 0.5) is 0 Å². The molecule has 0 amide bonds. The number of aliphatic imine (C=N–C) groups is 1. The van der Waals surface area contributed by atoms with Crippen molar-refractivity contribution in [3.63, 3.8) is 0 Å². The van der Waals surface area contributed by atoms with Crippen molar-refractivity contribution in [2.75, 3.05) is 19.4 Å². The second-order valence-electron chi connectivity index (χ2n) is 5.47. The van der Waals surface area contributed by atoms with Gasteiger partial charge in [-0.2, -0.15) is 0 Å². The third-order valence-electron chi connectivity index (χ3n) is 3.59. The standard InChI is InChI=1S/C18H23NO3S/c1-5-14-11-19-17(22-18(14)23-9-8-13(3)20)15-7-6-12(2)10-16(15)21-4/h6-7,10H,5,8-9,11H2,1-4H3. The summed E-state index contributed by atoms with van der Waals surface area (Å²) in [7, 11) is 1.65. The van der Waals surface area contributed by atoms with Gasteiger partial charge in [0.1, 0.15) is 11.5 Å². The van der Waals surface area contributed by atoms with E-state index in [4.69, 9.17) is 9.47 Å². The van der Waals surface area contributed by atoms with E-state index in [-0.39, 0.29) is 5.78 Å². The summed E-state index contributed by atoms with van der Waals surface area (Å²) in [6, 6.07) is 5.97. The van der Waals surface area contributed by atoms with Crippen molar-refractivity contribution in [2.24, 2.45) is 4.99 Å². The van der Waals surface area contributed by atoms with Crippen LogP contribution in [0.5, 0.6) is 5.75 Å². The summed E-state index contributed by atoms with van der Waals surface area (Å²) >= 11 is 1.59. The summed E-state index contributed by atoms with van der Waals surface area (Å²) in [4.78, 5) is 15.7. The molecular weight excluding hydrogens is 310 g/mol. The van der Waals surface area contributed by atoms with Crippen molar-refractivity contribution in [3.05, 3.63) is 40.0 Å². The minimum absolute atomic E-state index is 0.195. The van der Waals surface area contributed by atoms with E-state index < -0.39 is 0 Å². The van der Waals surface area contributed by atoms with Crippen LogP contribution in [0.25, 0.3) is 0 Å². The number of thioether (sulfide) groups is 1. The van der Waals surface area contributed by atoms with Crippen LogP contribution in [-0.4, -0.2) is 31.1 Å². The molecule has 124 valence electrons. The van der Waals surface area contributed by atoms with Crippen molar-refractivity contribution in [2.45, 2.75) is 33.6 Å². The first-order valence-corrected chi connectivity index (χ1v) is 8.75. The molecule has 0 radical (unpaired) electrons. The molecule has 23 heavy (non-hydrogen) atoms. The molecule has 1 aliphatic rings. The number of benzene rings is 1. The predicted octanol–water partition coefficient (Wildman–Crippen LogP) is 4.11. The van der Waals surface area contributed by atoms with E-state index in [1.807, 2.05) is 25.1 Å². The fourth-order valence-corrected chi connectivity index (χ4v) is 3.34. The molecule has 1 aromatic carbocycles. The van der Waals surface area contributed by atoms with Crippen LogP contribution in [0, 0.1) is 6.92 Å². The van der Waals surface area contributed by atoms with Crippen molar-refractivity contribution in [3.8, 4) is 5.75 Å². The molecule has 0 N–H and O–H groups in total. The van der Waals surface area contributed by atoms with E-state index in [0.717, 1.165) is 34.1 Å². The number of carbonyl (C=O) groups excluding carboxylic acids is 1. The van der Waals surface area contributed by atoms with Gasteiger partial charge in [0, 0.05) is 17.7 Å². The van der Waals surface area contributed by atoms with Gasteiger partial charge in [0.2, 0.25) is 5.90 Å². The predicted molar refractivity (Wildman–Crippen MR) is 95.3 cm³/mol. The smallest absolute Gasteiger partial charge is 0.226 e. The minimum atomic E-state index is 0.195. The Morgan fingerprint density at radius 2 is 2.22 bits per heavy atom. The maximum atomic E-state index is 11.1. The van der Waals surface area contributed by atoms with Crippen molar-refractivity contribution < 1.29 is 14.3 Å². The van der Waals surface area contributed by atoms with Crippen LogP contribution in [0.1, 0.15) is 37.8 Å². The van der Waals surface area contributed by atoms with Crippen LogP contribution >= 0.6 is 11.8 Å². The maximum absolute atomic E-state index is 11.1. The Bertz CT molecular complexity index is 650. The zero-order valence-corrected chi connectivity index (χ0v) is 15.0. The first-order valence-electron chi connectivity index (χ1n) is 7.76. The van der Waals surface area contributed by atoms with Crippen molar-refractivity contribution >= 4 is 23.4 Å². The maximum Gasteiger partial charge on any atom is 0.226 e. The lowest BCUT2D eigenvalue weighted by molar-refractivity contribution is -0.116. The number of rotatable bonds is 7. The zero-order chi connectivity index (χ0) is 16.8. The highest BCUT2D eigenvalue weighted by molar-refractivity contribution is 8.02. The summed E-state index contributed by atoms with van der Waals surface area (Å²) in [5, 5.41) is 0.876. The van der Waals surface area contributed by atoms with E-state index in [1.54, 1.807) is 25.8 Å². The molecule has 5 heteroatoms. The molecule has 0 unspecified atom stereocenters. The van der Waals surface area contributed by atoms with E-state index >= 15 is 0 Å². The van der Waals surface area contributed by atoms with Gasteiger partial charge in [0.05, 0.1) is 19.2 Å². The molecule has 1 heterocycles. The number of carbonyl (C=O) groups is 1. The number of methoxy groups -OCH3 is 1. The summed E-state index contributed by atoms with van der Waals surface area (Å²) in [5.41, 5.74) is 3.16. The fraction of sp³-hybridized carbons (Fsp3) is 0.444. The van der Waals surface area contributed by atoms with Crippen molar-refractivity contribution in [1.29, 1.82) is 0 Å². The average Bonchev–Trinajstić information content (AvgIpc) is 2.54. The summed E-state index contributed by atoms with van der Waals surface area (Å²) < 4.78 is 11.5. The van der Waals surface area contributed by atoms with Gasteiger partial charge in [-0.1, -0.05) is 24.8 Å². The van der Waals surface area contributed by atoms with Gasteiger partial charge >= 0.3 is 0 Å². The van der Waals surface area contributed by atoms with Crippen molar-refractivity contribution in [1.82, 2.24) is 0 Å². The normalized spacial score (nSPS) is 14.3. The summed E-state index contributed by atoms with van der Waals surface area (Å²) in [6.45, 7) is 6.36. The quantitative estimate of drug-likeness (QED) is 0.753. The molecule has 0 bridgehead atoms. The van der Waals surface area contributed by atoms with Gasteiger partial charge in [-0.15, -0.1) is 0 Å². The Morgan fingerprint density at radius 3 is 2.87 bits per heavy atom. The summed E-state index contributed by atoms with van der Waals surface area (Å²) in [6.07, 6.45) is 1.44. The Labute approximate surface area is 142 Å². The van der Waals surface area contributed by atoms with Gasteiger partial charge in [-0.05, 0) is 38.0 Å². The topological polar surface area (TPSA) is 47.9 Å². The van der Waals surface area contributed by atoms with Crippen LogP contribution in [-0.2, 0) is 9.53 Å². The lowest BCUT2D eigenvalue weighted by Crippen LogP contribution is -2.15. The Hall–Kier alpha value is -1.75. The van der Waals surface area contributed by atoms with Crippen LogP contribution in [0.3, 0.4) is 0 Å². The molecule has 4 nitrogen and oxygen atoms in total. The van der Waals surface area contributed by atoms with Crippen LogP contribution in [0.15, 0.2) is 33.9 Å². The van der Waals surface area contributed by atoms with Gasteiger partial charge < -0.3 is 9.47 Å². The molecule has 0 saturated carbocycles. The number of hydrogen-bond donors (Lipinski definition) is 0. The fourth-order valence-electron chi connectivity index (χ4n) is 2.21. The molecule has 2 rings (SSSR count). The second-order valence-corrected chi connectivity index (χ2v) is 6.54. The Kier molecular flexibility index (Phi) is 6.28. The Morgan fingerprint density at radius 1 is 1.43 bits per heavy atom. The molecule has 0 spiro atoms. The van der Waals surface area contributed by atoms with Gasteiger partial charge in [0.25, 0.3) is 0 Å². The molecule has 0 aromatic heterocycles. The minimum Gasteiger partial charge on any atom is -0.496 e. The molecule has 1 aromatic rings. The highest BCUT2D eigenvalue weighted by Gasteiger charge is 2.21. The van der Waals surface area contributed by atoms with Gasteiger partial charge in [0.15, 0.2) is 5.09 Å². The largest absolute Gasteiger partial charge is 0.496 e. The lowest BCUT2D eigenvalue weighted by Gasteiger charge is -2.21. The van der Waals surface area contributed by atoms with E-state index in [1.165, 1.54) is 5.57 Å². The number of ketones is 1. The molecular formula is C18H23NO3S. The van der Waals surface area contributed by atoms with Gasteiger partial charge in [-0.3, -0.25) is 4.79 Å². The zero-order valence-electron chi connectivity index (χ0n) is 14.1. The highest BCUT2D eigenvalue weighted by atomic mass is 32.2. The Balaban J connectivity index is 2.17. The molecule has 0 atom stereocenters. The number of aryl methyl sites for hydroxylation is 1. The summed E-state index contributed by atoms with van der Waals surface area (Å²) in [5.74, 6) is 2.27. The number of ether oxygens (including phenoxy) is 2. The molecule has 0 saturated heterocycles. The third-order valence-corrected chi connectivity index (χ3v) is 4.64. The lowest BCUT2D eigenvalue weighted by atomic mass is 10.1. The molecule has 0 aliphatic carbocycles. The third kappa shape index (κ3) is 4.61. The van der Waals surface area contributed by atoms with Gasteiger partial charge in [-0.25, -0.2) is 4.99 Å². The highest BCUT2D eigenvalue weighted by Crippen LogP contribution is 2.31. The van der Waals surface area contributed by atoms with Crippen LogP contribution < -0.4 is 4.74 Å².